The quantitative estimate of drug-likeness (QED) is 0.446. The molecule has 0 saturated carbocycles. The van der Waals surface area contributed by atoms with Gasteiger partial charge in [-0.25, -0.2) is 12.8 Å². The minimum atomic E-state index is -4.10. The van der Waals surface area contributed by atoms with E-state index in [0.717, 1.165) is 41.6 Å². The molecule has 7 nitrogen and oxygen atoms in total. The topological polar surface area (TPSA) is 79.0 Å². The maximum Gasteiger partial charge on any atom is 0.264 e. The van der Waals surface area contributed by atoms with Gasteiger partial charge in [0.25, 0.3) is 10.0 Å². The van der Waals surface area contributed by atoms with Crippen LogP contribution in [0.2, 0.25) is 0 Å². The third-order valence-electron chi connectivity index (χ3n) is 6.17. The Morgan fingerprint density at radius 1 is 0.944 bits per heavy atom. The van der Waals surface area contributed by atoms with Gasteiger partial charge < -0.3 is 10.1 Å². The summed E-state index contributed by atoms with van der Waals surface area (Å²) < 4.78 is 46.4. The number of hydrogen-bond acceptors (Lipinski definition) is 5. The van der Waals surface area contributed by atoms with Crippen LogP contribution in [0.5, 0.6) is 5.75 Å². The number of amides is 1. The number of nitrogens with one attached hydrogen (secondary N) is 1. The zero-order valence-corrected chi connectivity index (χ0v) is 21.0. The van der Waals surface area contributed by atoms with Crippen molar-refractivity contribution in [2.24, 2.45) is 0 Å². The Kier molecular flexibility index (Phi) is 8.22. The van der Waals surface area contributed by atoms with E-state index in [1.807, 2.05) is 12.1 Å². The van der Waals surface area contributed by atoms with Gasteiger partial charge in [-0.05, 0) is 85.6 Å². The second-order valence-corrected chi connectivity index (χ2v) is 10.6. The Bertz CT molecular complexity index is 1260. The Hall–Kier alpha value is -3.43. The van der Waals surface area contributed by atoms with Gasteiger partial charge in [-0.1, -0.05) is 24.3 Å². The van der Waals surface area contributed by atoms with Crippen LogP contribution in [0.1, 0.15) is 24.0 Å². The summed E-state index contributed by atoms with van der Waals surface area (Å²) in [5, 5.41) is 2.80. The van der Waals surface area contributed by atoms with Gasteiger partial charge in [0, 0.05) is 13.1 Å². The summed E-state index contributed by atoms with van der Waals surface area (Å²) in [6.07, 6.45) is 2.49. The predicted molar refractivity (Wildman–Crippen MR) is 137 cm³/mol. The second kappa shape index (κ2) is 11.5. The molecule has 0 radical (unpaired) electrons. The summed E-state index contributed by atoms with van der Waals surface area (Å²) >= 11 is 0. The molecule has 0 spiro atoms. The van der Waals surface area contributed by atoms with Gasteiger partial charge in [-0.3, -0.25) is 14.0 Å². The number of ether oxygens (including phenoxy) is 1. The Morgan fingerprint density at radius 3 is 2.17 bits per heavy atom. The monoisotopic (exact) mass is 511 g/mol. The number of likely N-dealkylation sites (tertiary alicyclic amines) is 1. The fraction of sp³-hybridized carbons (Fsp3) is 0.296. The van der Waals surface area contributed by atoms with Crippen LogP contribution in [0.15, 0.2) is 77.7 Å². The number of carbonyl (C=O) groups is 1. The van der Waals surface area contributed by atoms with E-state index >= 15 is 0 Å². The molecule has 0 atom stereocenters. The van der Waals surface area contributed by atoms with Gasteiger partial charge in [0.15, 0.2) is 0 Å². The average Bonchev–Trinajstić information content (AvgIpc) is 3.40. The van der Waals surface area contributed by atoms with E-state index in [1.165, 1.54) is 61.9 Å². The SMILES string of the molecule is COc1ccc(S(=O)(=O)N(CC(=O)NCc2ccc(CN3CCCC3)cc2)c2ccc(F)cc2)cc1. The molecule has 3 aromatic rings. The Morgan fingerprint density at radius 2 is 1.56 bits per heavy atom. The highest BCUT2D eigenvalue weighted by molar-refractivity contribution is 7.92. The minimum Gasteiger partial charge on any atom is -0.497 e. The van der Waals surface area contributed by atoms with Gasteiger partial charge >= 0.3 is 0 Å². The lowest BCUT2D eigenvalue weighted by molar-refractivity contribution is -0.119. The van der Waals surface area contributed by atoms with Crippen molar-refractivity contribution in [3.05, 3.63) is 89.7 Å². The van der Waals surface area contributed by atoms with E-state index in [-0.39, 0.29) is 17.1 Å². The molecular weight excluding hydrogens is 481 g/mol. The molecule has 1 aliphatic heterocycles. The molecule has 4 rings (SSSR count). The van der Waals surface area contributed by atoms with Gasteiger partial charge in [0.1, 0.15) is 18.1 Å². The van der Waals surface area contributed by atoms with Crippen LogP contribution in [0, 0.1) is 5.82 Å². The summed E-state index contributed by atoms with van der Waals surface area (Å²) in [7, 11) is -2.61. The van der Waals surface area contributed by atoms with Crippen molar-refractivity contribution in [1.82, 2.24) is 10.2 Å². The number of hydrogen-bond donors (Lipinski definition) is 1. The summed E-state index contributed by atoms with van der Waals surface area (Å²) in [5.41, 5.74) is 2.33. The van der Waals surface area contributed by atoms with E-state index in [0.29, 0.717) is 5.75 Å². The first-order chi connectivity index (χ1) is 17.3. The molecule has 1 heterocycles. The number of halogens is 1. The third kappa shape index (κ3) is 6.41. The summed E-state index contributed by atoms with van der Waals surface area (Å²) in [6, 6.07) is 18.9. The largest absolute Gasteiger partial charge is 0.497 e. The predicted octanol–water partition coefficient (Wildman–Crippen LogP) is 3.94. The van der Waals surface area contributed by atoms with Gasteiger partial charge in [0.05, 0.1) is 17.7 Å². The molecule has 1 amide bonds. The van der Waals surface area contributed by atoms with Crippen LogP contribution < -0.4 is 14.4 Å². The van der Waals surface area contributed by atoms with Crippen LogP contribution in [0.3, 0.4) is 0 Å². The molecule has 3 aromatic carbocycles. The third-order valence-corrected chi connectivity index (χ3v) is 7.95. The first-order valence-electron chi connectivity index (χ1n) is 11.8. The molecule has 190 valence electrons. The van der Waals surface area contributed by atoms with E-state index < -0.39 is 28.3 Å². The summed E-state index contributed by atoms with van der Waals surface area (Å²) in [5.74, 6) is -0.470. The first-order valence-corrected chi connectivity index (χ1v) is 13.3. The first kappa shape index (κ1) is 25.7. The second-order valence-electron chi connectivity index (χ2n) is 8.74. The van der Waals surface area contributed by atoms with E-state index in [9.17, 15) is 17.6 Å². The molecule has 1 fully saturated rings. The highest BCUT2D eigenvalue weighted by atomic mass is 32.2. The van der Waals surface area contributed by atoms with Crippen molar-refractivity contribution in [3.63, 3.8) is 0 Å². The highest BCUT2D eigenvalue weighted by Gasteiger charge is 2.27. The fourth-order valence-electron chi connectivity index (χ4n) is 4.15. The lowest BCUT2D eigenvalue weighted by Gasteiger charge is -2.24. The van der Waals surface area contributed by atoms with E-state index in [1.54, 1.807) is 0 Å². The van der Waals surface area contributed by atoms with Crippen LogP contribution in [-0.2, 0) is 27.9 Å². The van der Waals surface area contributed by atoms with Crippen molar-refractivity contribution in [1.29, 1.82) is 0 Å². The lowest BCUT2D eigenvalue weighted by atomic mass is 10.1. The Balaban J connectivity index is 1.44. The van der Waals surface area contributed by atoms with Gasteiger partial charge in [0.2, 0.25) is 5.91 Å². The van der Waals surface area contributed by atoms with Crippen LogP contribution >= 0.6 is 0 Å². The normalized spacial score (nSPS) is 13.9. The zero-order valence-electron chi connectivity index (χ0n) is 20.2. The number of sulfonamides is 1. The number of rotatable bonds is 10. The molecule has 1 saturated heterocycles. The number of anilines is 1. The van der Waals surface area contributed by atoms with E-state index in [2.05, 4.69) is 22.3 Å². The zero-order chi connectivity index (χ0) is 25.5. The number of benzene rings is 3. The molecule has 36 heavy (non-hydrogen) atoms. The van der Waals surface area contributed by atoms with Crippen molar-refractivity contribution in [2.75, 3.05) is 31.0 Å². The molecule has 0 bridgehead atoms. The van der Waals surface area contributed by atoms with Crippen molar-refractivity contribution >= 4 is 21.6 Å². The molecule has 1 aliphatic rings. The van der Waals surface area contributed by atoms with Crippen molar-refractivity contribution < 1.29 is 22.3 Å². The van der Waals surface area contributed by atoms with Gasteiger partial charge in [-0.2, -0.15) is 0 Å². The molecule has 9 heteroatoms. The standard InChI is InChI=1S/C27H30FN3O4S/c1-35-25-12-14-26(15-13-25)36(33,34)31(24-10-8-23(28)9-11-24)20-27(32)29-18-21-4-6-22(7-5-21)19-30-16-2-3-17-30/h4-15H,2-3,16-20H2,1H3,(H,29,32). The smallest absolute Gasteiger partial charge is 0.264 e. The number of methoxy groups -OCH3 is 1. The fourth-order valence-corrected chi connectivity index (χ4v) is 5.57. The molecule has 0 aliphatic carbocycles. The maximum atomic E-state index is 13.5. The van der Waals surface area contributed by atoms with Crippen molar-refractivity contribution in [2.45, 2.75) is 30.8 Å². The highest BCUT2D eigenvalue weighted by Crippen LogP contribution is 2.25. The number of carbonyl (C=O) groups excluding carboxylic acids is 1. The molecule has 0 unspecified atom stereocenters. The summed E-state index contributed by atoms with van der Waals surface area (Å²) in [6.45, 7) is 2.99. The average molecular weight is 512 g/mol. The number of nitrogens with zero attached hydrogens (tertiary/aromatic N) is 2. The molecule has 0 aromatic heterocycles. The lowest BCUT2D eigenvalue weighted by Crippen LogP contribution is -2.40. The minimum absolute atomic E-state index is 0.00554. The maximum absolute atomic E-state index is 13.5. The van der Waals surface area contributed by atoms with Crippen LogP contribution in [-0.4, -0.2) is 46.0 Å². The Labute approximate surface area is 211 Å². The van der Waals surface area contributed by atoms with Gasteiger partial charge in [-0.15, -0.1) is 0 Å². The molecular formula is C27H30FN3O4S. The van der Waals surface area contributed by atoms with Crippen molar-refractivity contribution in [3.8, 4) is 5.75 Å². The molecule has 1 N–H and O–H groups in total. The summed E-state index contributed by atoms with van der Waals surface area (Å²) in [4.78, 5) is 15.2. The van der Waals surface area contributed by atoms with Crippen LogP contribution in [0.25, 0.3) is 0 Å². The van der Waals surface area contributed by atoms with E-state index in [4.69, 9.17) is 4.74 Å². The van der Waals surface area contributed by atoms with Crippen LogP contribution in [0.4, 0.5) is 10.1 Å².